The fourth-order valence-corrected chi connectivity index (χ4v) is 1.60. The van der Waals surface area contributed by atoms with Crippen molar-refractivity contribution in [2.24, 2.45) is 5.73 Å². The molecule has 1 heterocycles. The molecular formula is C11H19F3N2O3. The van der Waals surface area contributed by atoms with Crippen molar-refractivity contribution in [1.82, 2.24) is 4.90 Å². The van der Waals surface area contributed by atoms with Crippen LogP contribution in [-0.4, -0.2) is 54.6 Å². The van der Waals surface area contributed by atoms with E-state index in [1.54, 1.807) is 20.8 Å². The van der Waals surface area contributed by atoms with Gasteiger partial charge < -0.3 is 20.1 Å². The van der Waals surface area contributed by atoms with Gasteiger partial charge in [0.15, 0.2) is 0 Å². The van der Waals surface area contributed by atoms with Crippen LogP contribution in [0.5, 0.6) is 0 Å². The van der Waals surface area contributed by atoms with Crippen LogP contribution in [0.1, 0.15) is 20.8 Å². The Morgan fingerprint density at radius 1 is 1.42 bits per heavy atom. The molecule has 0 radical (unpaired) electrons. The van der Waals surface area contributed by atoms with Crippen LogP contribution in [0.3, 0.4) is 0 Å². The van der Waals surface area contributed by atoms with Crippen LogP contribution in [-0.2, 0) is 9.47 Å². The predicted octanol–water partition coefficient (Wildman–Crippen LogP) is 1.51. The lowest BCUT2D eigenvalue weighted by Crippen LogP contribution is -2.57. The third kappa shape index (κ3) is 4.87. The van der Waals surface area contributed by atoms with Crippen molar-refractivity contribution in [3.05, 3.63) is 0 Å². The van der Waals surface area contributed by atoms with Crippen LogP contribution in [0.4, 0.5) is 18.0 Å². The van der Waals surface area contributed by atoms with Gasteiger partial charge in [0.05, 0.1) is 19.3 Å². The zero-order valence-corrected chi connectivity index (χ0v) is 11.2. The summed E-state index contributed by atoms with van der Waals surface area (Å²) >= 11 is 0. The summed E-state index contributed by atoms with van der Waals surface area (Å²) in [6.45, 7) is 5.03. The van der Waals surface area contributed by atoms with E-state index in [1.807, 2.05) is 0 Å². The number of hydrogen-bond donors (Lipinski definition) is 1. The van der Waals surface area contributed by atoms with Crippen LogP contribution in [0.2, 0.25) is 0 Å². The van der Waals surface area contributed by atoms with Gasteiger partial charge in [-0.05, 0) is 20.8 Å². The second-order valence-electron chi connectivity index (χ2n) is 5.40. The lowest BCUT2D eigenvalue weighted by Gasteiger charge is -2.36. The summed E-state index contributed by atoms with van der Waals surface area (Å²) in [5.41, 5.74) is 4.39. The topological polar surface area (TPSA) is 64.8 Å². The number of carbonyl (C=O) groups excluding carboxylic acids is 1. The molecule has 2 unspecified atom stereocenters. The molecule has 2 atom stereocenters. The van der Waals surface area contributed by atoms with Crippen molar-refractivity contribution < 1.29 is 27.4 Å². The number of carbonyl (C=O) groups is 1. The molecule has 0 spiro atoms. The van der Waals surface area contributed by atoms with Crippen molar-refractivity contribution >= 4 is 6.09 Å². The number of rotatable bonds is 1. The second-order valence-corrected chi connectivity index (χ2v) is 5.40. The summed E-state index contributed by atoms with van der Waals surface area (Å²) in [4.78, 5) is 12.9. The first-order chi connectivity index (χ1) is 8.50. The predicted molar refractivity (Wildman–Crippen MR) is 61.6 cm³/mol. The highest BCUT2D eigenvalue weighted by molar-refractivity contribution is 5.68. The van der Waals surface area contributed by atoms with Gasteiger partial charge in [-0.2, -0.15) is 13.2 Å². The molecule has 1 saturated heterocycles. The largest absolute Gasteiger partial charge is 0.444 e. The molecule has 2 N–H and O–H groups in total. The molecule has 0 aromatic carbocycles. The standard InChI is InChI=1S/C11H19F3N2O3/c1-10(2,3)19-9(17)16-4-5-18-7(6-16)8(15)11(12,13)14/h7-8H,4-6,15H2,1-3H3. The average molecular weight is 284 g/mol. The summed E-state index contributed by atoms with van der Waals surface area (Å²) in [6, 6.07) is -2.11. The highest BCUT2D eigenvalue weighted by atomic mass is 19.4. The van der Waals surface area contributed by atoms with Crippen LogP contribution >= 0.6 is 0 Å². The number of nitrogens with two attached hydrogens (primary N) is 1. The minimum atomic E-state index is -4.55. The summed E-state index contributed by atoms with van der Waals surface area (Å²) in [6.07, 6.45) is -6.47. The van der Waals surface area contributed by atoms with Gasteiger partial charge >= 0.3 is 12.3 Å². The molecule has 1 aliphatic rings. The molecule has 1 aliphatic heterocycles. The molecule has 0 saturated carbocycles. The fraction of sp³-hybridized carbons (Fsp3) is 0.909. The monoisotopic (exact) mass is 284 g/mol. The number of nitrogens with zero attached hydrogens (tertiary/aromatic N) is 1. The molecule has 5 nitrogen and oxygen atoms in total. The Balaban J connectivity index is 2.62. The highest BCUT2D eigenvalue weighted by Crippen LogP contribution is 2.24. The molecule has 0 aliphatic carbocycles. The number of morpholine rings is 1. The third-order valence-electron chi connectivity index (χ3n) is 2.52. The molecule has 1 fully saturated rings. The first-order valence-corrected chi connectivity index (χ1v) is 5.92. The first-order valence-electron chi connectivity index (χ1n) is 5.92. The zero-order chi connectivity index (χ0) is 14.8. The van der Waals surface area contributed by atoms with Crippen LogP contribution < -0.4 is 5.73 Å². The van der Waals surface area contributed by atoms with E-state index in [4.69, 9.17) is 15.2 Å². The van der Waals surface area contributed by atoms with Crippen LogP contribution in [0.15, 0.2) is 0 Å². The fourth-order valence-electron chi connectivity index (χ4n) is 1.60. The Morgan fingerprint density at radius 2 is 2.00 bits per heavy atom. The molecular weight excluding hydrogens is 265 g/mol. The molecule has 1 amide bonds. The molecule has 112 valence electrons. The molecule has 0 bridgehead atoms. The van der Waals surface area contributed by atoms with E-state index in [2.05, 4.69) is 0 Å². The molecule has 1 rings (SSSR count). The van der Waals surface area contributed by atoms with Crippen molar-refractivity contribution in [1.29, 1.82) is 0 Å². The molecule has 0 aromatic rings. The third-order valence-corrected chi connectivity index (χ3v) is 2.52. The number of halogens is 3. The average Bonchev–Trinajstić information content (AvgIpc) is 2.24. The summed E-state index contributed by atoms with van der Waals surface area (Å²) < 4.78 is 47.6. The SMILES string of the molecule is CC(C)(C)OC(=O)N1CCOC(C(N)C(F)(F)F)C1. The number of amides is 1. The molecule has 0 aromatic heterocycles. The summed E-state index contributed by atoms with van der Waals surface area (Å²) in [5, 5.41) is 0. The van der Waals surface area contributed by atoms with Crippen LogP contribution in [0, 0.1) is 0 Å². The lowest BCUT2D eigenvalue weighted by atomic mass is 10.1. The van der Waals surface area contributed by atoms with Gasteiger partial charge in [-0.25, -0.2) is 4.79 Å². The van der Waals surface area contributed by atoms with E-state index in [-0.39, 0.29) is 19.7 Å². The minimum Gasteiger partial charge on any atom is -0.444 e. The van der Waals surface area contributed by atoms with E-state index < -0.39 is 30.0 Å². The second kappa shape index (κ2) is 5.54. The molecule has 8 heteroatoms. The van der Waals surface area contributed by atoms with E-state index in [0.29, 0.717) is 0 Å². The summed E-state index contributed by atoms with van der Waals surface area (Å²) in [5.74, 6) is 0. The maximum absolute atomic E-state index is 12.5. The number of alkyl halides is 3. The Bertz CT molecular complexity index is 328. The van der Waals surface area contributed by atoms with Gasteiger partial charge in [-0.15, -0.1) is 0 Å². The van der Waals surface area contributed by atoms with E-state index in [1.165, 1.54) is 4.90 Å². The Kier molecular flexibility index (Phi) is 4.67. The van der Waals surface area contributed by atoms with E-state index in [9.17, 15) is 18.0 Å². The van der Waals surface area contributed by atoms with Gasteiger partial charge in [-0.1, -0.05) is 0 Å². The van der Waals surface area contributed by atoms with Crippen molar-refractivity contribution in [3.8, 4) is 0 Å². The normalized spacial score (nSPS) is 23.1. The maximum Gasteiger partial charge on any atom is 0.410 e. The van der Waals surface area contributed by atoms with Gasteiger partial charge in [0.2, 0.25) is 0 Å². The molecule has 19 heavy (non-hydrogen) atoms. The van der Waals surface area contributed by atoms with Crippen molar-refractivity contribution in [2.45, 2.75) is 44.7 Å². The minimum absolute atomic E-state index is 0.00763. The van der Waals surface area contributed by atoms with Crippen molar-refractivity contribution in [2.75, 3.05) is 19.7 Å². The Morgan fingerprint density at radius 3 is 2.47 bits per heavy atom. The van der Waals surface area contributed by atoms with Gasteiger partial charge in [-0.3, -0.25) is 0 Å². The maximum atomic E-state index is 12.5. The zero-order valence-electron chi connectivity index (χ0n) is 11.2. The Hall–Kier alpha value is -1.02. The quantitative estimate of drug-likeness (QED) is 0.792. The number of ether oxygens (including phenoxy) is 2. The van der Waals surface area contributed by atoms with E-state index in [0.717, 1.165) is 0 Å². The smallest absolute Gasteiger partial charge is 0.410 e. The van der Waals surface area contributed by atoms with Gasteiger partial charge in [0.25, 0.3) is 0 Å². The lowest BCUT2D eigenvalue weighted by molar-refractivity contribution is -0.184. The highest BCUT2D eigenvalue weighted by Gasteiger charge is 2.45. The van der Waals surface area contributed by atoms with Gasteiger partial charge in [0, 0.05) is 6.54 Å². The van der Waals surface area contributed by atoms with Crippen LogP contribution in [0.25, 0.3) is 0 Å². The van der Waals surface area contributed by atoms with E-state index >= 15 is 0 Å². The first kappa shape index (κ1) is 16.0. The van der Waals surface area contributed by atoms with Gasteiger partial charge in [0.1, 0.15) is 11.6 Å². The van der Waals surface area contributed by atoms with Crippen molar-refractivity contribution in [3.63, 3.8) is 0 Å². The Labute approximate surface area is 109 Å². The summed E-state index contributed by atoms with van der Waals surface area (Å²) in [7, 11) is 0. The number of hydrogen-bond acceptors (Lipinski definition) is 4.